The molecule has 0 bridgehead atoms. The average molecular weight is 222 g/mol. The molecule has 0 aliphatic rings. The molecule has 1 N–H and O–H groups in total. The maximum Gasteiger partial charge on any atom is 0.0817 e. The number of thioether (sulfide) groups is 1. The van der Waals surface area contributed by atoms with Crippen molar-refractivity contribution in [3.05, 3.63) is 41.5 Å². The highest BCUT2D eigenvalue weighted by atomic mass is 32.2. The van der Waals surface area contributed by atoms with E-state index in [2.05, 4.69) is 31.2 Å². The maximum absolute atomic E-state index is 9.64. The second kappa shape index (κ2) is 5.99. The second-order valence-corrected chi connectivity index (χ2v) is 5.03. The van der Waals surface area contributed by atoms with E-state index in [-0.39, 0.29) is 6.10 Å². The summed E-state index contributed by atoms with van der Waals surface area (Å²) < 4.78 is 0. The Morgan fingerprint density at radius 2 is 1.93 bits per heavy atom. The molecule has 0 aromatic heterocycles. The van der Waals surface area contributed by atoms with Crippen molar-refractivity contribution in [3.8, 4) is 0 Å². The second-order valence-electron chi connectivity index (χ2n) is 3.94. The fourth-order valence-electron chi connectivity index (χ4n) is 1.25. The first kappa shape index (κ1) is 12.3. The van der Waals surface area contributed by atoms with Gasteiger partial charge in [0.2, 0.25) is 0 Å². The normalized spacial score (nSPS) is 12.3. The van der Waals surface area contributed by atoms with Crippen LogP contribution < -0.4 is 0 Å². The summed E-state index contributed by atoms with van der Waals surface area (Å²) in [4.78, 5) is 1.21. The molecule has 1 nitrogen and oxygen atoms in total. The molecular formula is C13H18OS. The fraction of sp³-hybridized carbons (Fsp3) is 0.385. The van der Waals surface area contributed by atoms with Gasteiger partial charge in [-0.2, -0.15) is 0 Å². The van der Waals surface area contributed by atoms with Crippen molar-refractivity contribution >= 4 is 11.8 Å². The van der Waals surface area contributed by atoms with Crippen LogP contribution in [0.4, 0.5) is 0 Å². The lowest BCUT2D eigenvalue weighted by atomic mass is 10.2. The summed E-state index contributed by atoms with van der Waals surface area (Å²) >= 11 is 1.68. The van der Waals surface area contributed by atoms with E-state index in [1.807, 2.05) is 19.9 Å². The molecule has 0 saturated heterocycles. The minimum atomic E-state index is -0.346. The number of allylic oxidation sites excluding steroid dienone is 1. The van der Waals surface area contributed by atoms with Gasteiger partial charge in [0, 0.05) is 10.6 Å². The van der Waals surface area contributed by atoms with E-state index in [1.165, 1.54) is 10.5 Å². The standard InChI is InChI=1S/C13H18OS/c1-10(2)8-12(14)9-15-13-6-4-11(3)5-7-13/h4-8,12,14H,9H2,1-3H3/t12-/m0/s1. The zero-order chi connectivity index (χ0) is 11.3. The molecule has 0 aliphatic heterocycles. The van der Waals surface area contributed by atoms with Crippen LogP contribution in [-0.4, -0.2) is 17.0 Å². The Labute approximate surface area is 96.2 Å². The molecule has 1 atom stereocenters. The molecule has 0 radical (unpaired) electrons. The lowest BCUT2D eigenvalue weighted by molar-refractivity contribution is 0.247. The summed E-state index contributed by atoms with van der Waals surface area (Å²) in [6.07, 6.45) is 1.54. The third-order valence-electron chi connectivity index (χ3n) is 1.97. The van der Waals surface area contributed by atoms with E-state index in [1.54, 1.807) is 11.8 Å². The van der Waals surface area contributed by atoms with Crippen molar-refractivity contribution in [1.82, 2.24) is 0 Å². The SMILES string of the molecule is CC(C)=C[C@H](O)CSc1ccc(C)cc1. The summed E-state index contributed by atoms with van der Waals surface area (Å²) in [6, 6.07) is 8.37. The van der Waals surface area contributed by atoms with Gasteiger partial charge in [-0.05, 0) is 32.9 Å². The fourth-order valence-corrected chi connectivity index (χ4v) is 2.04. The first-order chi connectivity index (χ1) is 7.08. The van der Waals surface area contributed by atoms with Gasteiger partial charge in [-0.15, -0.1) is 11.8 Å². The van der Waals surface area contributed by atoms with Crippen molar-refractivity contribution in [2.75, 3.05) is 5.75 Å². The Morgan fingerprint density at radius 1 is 1.33 bits per heavy atom. The quantitative estimate of drug-likeness (QED) is 0.622. The van der Waals surface area contributed by atoms with Gasteiger partial charge in [-0.1, -0.05) is 29.3 Å². The van der Waals surface area contributed by atoms with E-state index in [0.29, 0.717) is 5.75 Å². The van der Waals surface area contributed by atoms with Crippen LogP contribution in [0.15, 0.2) is 40.8 Å². The van der Waals surface area contributed by atoms with Gasteiger partial charge in [-0.25, -0.2) is 0 Å². The van der Waals surface area contributed by atoms with Gasteiger partial charge >= 0.3 is 0 Å². The Balaban J connectivity index is 2.43. The predicted molar refractivity (Wildman–Crippen MR) is 67.3 cm³/mol. The van der Waals surface area contributed by atoms with Gasteiger partial charge in [0.25, 0.3) is 0 Å². The number of benzene rings is 1. The molecule has 0 heterocycles. The van der Waals surface area contributed by atoms with Crippen LogP contribution in [0.25, 0.3) is 0 Å². The molecule has 82 valence electrons. The van der Waals surface area contributed by atoms with Crippen LogP contribution in [0.5, 0.6) is 0 Å². The Bertz CT molecular complexity index is 323. The van der Waals surface area contributed by atoms with E-state index in [4.69, 9.17) is 0 Å². The maximum atomic E-state index is 9.64. The largest absolute Gasteiger partial charge is 0.388 e. The molecule has 0 aliphatic carbocycles. The molecule has 0 fully saturated rings. The van der Waals surface area contributed by atoms with E-state index < -0.39 is 0 Å². The topological polar surface area (TPSA) is 20.2 Å². The molecular weight excluding hydrogens is 204 g/mol. The summed E-state index contributed by atoms with van der Waals surface area (Å²) in [5.41, 5.74) is 2.43. The van der Waals surface area contributed by atoms with Crippen LogP contribution in [0.1, 0.15) is 19.4 Å². The minimum absolute atomic E-state index is 0.346. The van der Waals surface area contributed by atoms with E-state index in [0.717, 1.165) is 5.57 Å². The summed E-state index contributed by atoms with van der Waals surface area (Å²) in [6.45, 7) is 6.08. The van der Waals surface area contributed by atoms with E-state index >= 15 is 0 Å². The third-order valence-corrected chi connectivity index (χ3v) is 3.08. The Kier molecular flexibility index (Phi) is 4.92. The molecule has 0 spiro atoms. The third kappa shape index (κ3) is 5.05. The van der Waals surface area contributed by atoms with Gasteiger partial charge in [0.15, 0.2) is 0 Å². The predicted octanol–water partition coefficient (Wildman–Crippen LogP) is 3.41. The monoisotopic (exact) mass is 222 g/mol. The number of hydrogen-bond acceptors (Lipinski definition) is 2. The van der Waals surface area contributed by atoms with Crippen LogP contribution in [0.2, 0.25) is 0 Å². The number of aryl methyl sites for hydroxylation is 1. The first-order valence-corrected chi connectivity index (χ1v) is 6.09. The zero-order valence-electron chi connectivity index (χ0n) is 9.53. The Hall–Kier alpha value is -0.730. The van der Waals surface area contributed by atoms with Crippen LogP contribution in [0, 0.1) is 6.92 Å². The molecule has 0 unspecified atom stereocenters. The number of hydrogen-bond donors (Lipinski definition) is 1. The van der Waals surface area contributed by atoms with Gasteiger partial charge in [0.1, 0.15) is 0 Å². The van der Waals surface area contributed by atoms with Crippen LogP contribution in [0.3, 0.4) is 0 Å². The molecule has 0 saturated carbocycles. The van der Waals surface area contributed by atoms with Crippen molar-refractivity contribution in [2.45, 2.75) is 31.8 Å². The van der Waals surface area contributed by atoms with Crippen molar-refractivity contribution in [1.29, 1.82) is 0 Å². The van der Waals surface area contributed by atoms with Gasteiger partial charge < -0.3 is 5.11 Å². The van der Waals surface area contributed by atoms with Crippen LogP contribution in [-0.2, 0) is 0 Å². The number of rotatable bonds is 4. The van der Waals surface area contributed by atoms with Crippen molar-refractivity contribution in [2.24, 2.45) is 0 Å². The van der Waals surface area contributed by atoms with Crippen LogP contribution >= 0.6 is 11.8 Å². The minimum Gasteiger partial charge on any atom is -0.388 e. The number of aliphatic hydroxyl groups is 1. The highest BCUT2D eigenvalue weighted by molar-refractivity contribution is 7.99. The highest BCUT2D eigenvalue weighted by Crippen LogP contribution is 2.19. The lowest BCUT2D eigenvalue weighted by Gasteiger charge is -2.06. The molecule has 1 rings (SSSR count). The molecule has 1 aromatic rings. The highest BCUT2D eigenvalue weighted by Gasteiger charge is 2.01. The summed E-state index contributed by atoms with van der Waals surface area (Å²) in [5, 5.41) is 9.64. The van der Waals surface area contributed by atoms with Gasteiger partial charge in [0.05, 0.1) is 6.10 Å². The van der Waals surface area contributed by atoms with Gasteiger partial charge in [-0.3, -0.25) is 0 Å². The molecule has 1 aromatic carbocycles. The first-order valence-electron chi connectivity index (χ1n) is 5.10. The zero-order valence-corrected chi connectivity index (χ0v) is 10.3. The smallest absolute Gasteiger partial charge is 0.0817 e. The number of aliphatic hydroxyl groups excluding tert-OH is 1. The Morgan fingerprint density at radius 3 is 2.47 bits per heavy atom. The van der Waals surface area contributed by atoms with E-state index in [9.17, 15) is 5.11 Å². The molecule has 2 heteroatoms. The summed E-state index contributed by atoms with van der Waals surface area (Å²) in [5.74, 6) is 0.717. The van der Waals surface area contributed by atoms with Crippen molar-refractivity contribution in [3.63, 3.8) is 0 Å². The lowest BCUT2D eigenvalue weighted by Crippen LogP contribution is -2.05. The molecule has 15 heavy (non-hydrogen) atoms. The van der Waals surface area contributed by atoms with Crippen molar-refractivity contribution < 1.29 is 5.11 Å². The average Bonchev–Trinajstić information content (AvgIpc) is 2.16. The summed E-state index contributed by atoms with van der Waals surface area (Å²) in [7, 11) is 0. The molecule has 0 amide bonds.